The fourth-order valence-corrected chi connectivity index (χ4v) is 3.05. The second-order valence-electron chi connectivity index (χ2n) is 4.77. The van der Waals surface area contributed by atoms with Crippen LogP contribution in [0, 0.1) is 6.92 Å². The van der Waals surface area contributed by atoms with Crippen molar-refractivity contribution in [2.45, 2.75) is 25.7 Å². The lowest BCUT2D eigenvalue weighted by molar-refractivity contribution is 0.0704. The molecule has 100 valence electrons. The molecule has 6 heteroatoms. The molecule has 0 unspecified atom stereocenters. The third kappa shape index (κ3) is 2.53. The van der Waals surface area contributed by atoms with Gasteiger partial charge in [0.25, 0.3) is 5.91 Å². The molecule has 0 aliphatic carbocycles. The van der Waals surface area contributed by atoms with Gasteiger partial charge in [0.2, 0.25) is 5.89 Å². The number of hydrogen-bond acceptors (Lipinski definition) is 5. The summed E-state index contributed by atoms with van der Waals surface area (Å²) in [6.45, 7) is 3.27. The number of carbonyl (C=O) groups excluding carboxylic acids is 1. The number of nitrogens with zero attached hydrogens (tertiary/aromatic N) is 3. The molecule has 3 heterocycles. The average Bonchev–Trinajstić information content (AvgIpc) is 3.09. The molecule has 1 saturated heterocycles. The van der Waals surface area contributed by atoms with E-state index in [9.17, 15) is 4.79 Å². The van der Waals surface area contributed by atoms with Gasteiger partial charge in [0.05, 0.1) is 5.56 Å². The first-order valence-corrected chi connectivity index (χ1v) is 7.30. The summed E-state index contributed by atoms with van der Waals surface area (Å²) < 4.78 is 5.02. The van der Waals surface area contributed by atoms with Gasteiger partial charge in [0.1, 0.15) is 0 Å². The number of rotatable bonds is 2. The van der Waals surface area contributed by atoms with E-state index in [4.69, 9.17) is 4.52 Å². The number of likely N-dealkylation sites (tertiary alicyclic amines) is 1. The molecule has 1 amide bonds. The van der Waals surface area contributed by atoms with Crippen molar-refractivity contribution in [3.8, 4) is 0 Å². The fourth-order valence-electron chi connectivity index (χ4n) is 2.42. The quantitative estimate of drug-likeness (QED) is 0.846. The largest absolute Gasteiger partial charge is 0.340 e. The summed E-state index contributed by atoms with van der Waals surface area (Å²) in [5.74, 6) is 1.59. The minimum Gasteiger partial charge on any atom is -0.340 e. The molecule has 0 bridgehead atoms. The minimum atomic E-state index is 0.103. The summed E-state index contributed by atoms with van der Waals surface area (Å²) >= 11 is 1.55. The summed E-state index contributed by atoms with van der Waals surface area (Å²) in [4.78, 5) is 18.5. The normalized spacial score (nSPS) is 19.6. The molecule has 2 aromatic heterocycles. The standard InChI is InChI=1S/C13H15N3O2S/c1-9-14-12(15-18-9)10-3-2-5-16(7-10)13(17)11-4-6-19-8-11/h4,6,8,10H,2-3,5,7H2,1H3/t10-/m0/s1. The average molecular weight is 277 g/mol. The van der Waals surface area contributed by atoms with Crippen molar-refractivity contribution < 1.29 is 9.32 Å². The molecule has 0 saturated carbocycles. The number of hydrogen-bond donors (Lipinski definition) is 0. The first-order chi connectivity index (χ1) is 9.24. The first kappa shape index (κ1) is 12.3. The van der Waals surface area contributed by atoms with E-state index in [1.165, 1.54) is 0 Å². The van der Waals surface area contributed by atoms with E-state index < -0.39 is 0 Å². The van der Waals surface area contributed by atoms with Crippen LogP contribution in [0.5, 0.6) is 0 Å². The minimum absolute atomic E-state index is 0.103. The lowest BCUT2D eigenvalue weighted by Crippen LogP contribution is -2.39. The van der Waals surface area contributed by atoms with Crippen LogP contribution in [0.4, 0.5) is 0 Å². The van der Waals surface area contributed by atoms with E-state index in [0.29, 0.717) is 12.4 Å². The lowest BCUT2D eigenvalue weighted by atomic mass is 9.97. The van der Waals surface area contributed by atoms with Gasteiger partial charge >= 0.3 is 0 Å². The highest BCUT2D eigenvalue weighted by molar-refractivity contribution is 7.08. The van der Waals surface area contributed by atoms with Crippen molar-refractivity contribution in [2.24, 2.45) is 0 Å². The van der Waals surface area contributed by atoms with Crippen LogP contribution in [0.1, 0.15) is 40.8 Å². The summed E-state index contributed by atoms with van der Waals surface area (Å²) in [7, 11) is 0. The van der Waals surface area contributed by atoms with Gasteiger partial charge in [0.15, 0.2) is 5.82 Å². The van der Waals surface area contributed by atoms with Gasteiger partial charge in [-0.05, 0) is 24.3 Å². The van der Waals surface area contributed by atoms with Crippen molar-refractivity contribution in [1.82, 2.24) is 15.0 Å². The number of aromatic nitrogens is 2. The third-order valence-corrected chi connectivity index (χ3v) is 4.07. The van der Waals surface area contributed by atoms with Gasteiger partial charge < -0.3 is 9.42 Å². The van der Waals surface area contributed by atoms with E-state index in [2.05, 4.69) is 10.1 Å². The van der Waals surface area contributed by atoms with Crippen molar-refractivity contribution in [2.75, 3.05) is 13.1 Å². The molecule has 1 aliphatic rings. The Labute approximate surface area is 115 Å². The molecule has 0 aromatic carbocycles. The Hall–Kier alpha value is -1.69. The Kier molecular flexibility index (Phi) is 3.33. The van der Waals surface area contributed by atoms with Crippen LogP contribution < -0.4 is 0 Å². The zero-order chi connectivity index (χ0) is 13.2. The molecule has 1 fully saturated rings. The molecular weight excluding hydrogens is 262 g/mol. The van der Waals surface area contributed by atoms with Crippen molar-refractivity contribution in [3.63, 3.8) is 0 Å². The van der Waals surface area contributed by atoms with Gasteiger partial charge in [-0.15, -0.1) is 0 Å². The zero-order valence-electron chi connectivity index (χ0n) is 10.7. The molecule has 1 aliphatic heterocycles. The zero-order valence-corrected chi connectivity index (χ0v) is 11.5. The van der Waals surface area contributed by atoms with Crippen LogP contribution in [-0.4, -0.2) is 34.0 Å². The molecule has 0 radical (unpaired) electrons. The molecular formula is C13H15N3O2S. The van der Waals surface area contributed by atoms with E-state index in [1.54, 1.807) is 18.3 Å². The summed E-state index contributed by atoms with van der Waals surface area (Å²) in [6.07, 6.45) is 1.99. The highest BCUT2D eigenvalue weighted by Gasteiger charge is 2.28. The Balaban J connectivity index is 1.73. The molecule has 0 N–H and O–H groups in total. The Morgan fingerprint density at radius 2 is 2.47 bits per heavy atom. The van der Waals surface area contributed by atoms with Crippen molar-refractivity contribution in [3.05, 3.63) is 34.1 Å². The van der Waals surface area contributed by atoms with Crippen molar-refractivity contribution in [1.29, 1.82) is 0 Å². The van der Waals surface area contributed by atoms with Crippen molar-refractivity contribution >= 4 is 17.2 Å². The van der Waals surface area contributed by atoms with E-state index in [0.717, 1.165) is 30.8 Å². The number of piperidine rings is 1. The molecule has 0 spiro atoms. The van der Waals surface area contributed by atoms with Gasteiger partial charge in [-0.2, -0.15) is 16.3 Å². The Morgan fingerprint density at radius 1 is 1.58 bits per heavy atom. The monoisotopic (exact) mass is 277 g/mol. The fraction of sp³-hybridized carbons (Fsp3) is 0.462. The van der Waals surface area contributed by atoms with Crippen LogP contribution in [0.15, 0.2) is 21.3 Å². The first-order valence-electron chi connectivity index (χ1n) is 6.35. The topological polar surface area (TPSA) is 59.2 Å². The molecule has 2 aromatic rings. The second kappa shape index (κ2) is 5.13. The molecule has 5 nitrogen and oxygen atoms in total. The SMILES string of the molecule is Cc1nc([C@H]2CCCN(C(=O)c3ccsc3)C2)no1. The number of aryl methyl sites for hydroxylation is 1. The maximum atomic E-state index is 12.3. The van der Waals surface area contributed by atoms with Gasteiger partial charge in [-0.1, -0.05) is 5.16 Å². The predicted octanol–water partition coefficient (Wildman–Crippen LogP) is 2.46. The smallest absolute Gasteiger partial charge is 0.254 e. The van der Waals surface area contributed by atoms with E-state index >= 15 is 0 Å². The number of carbonyl (C=O) groups is 1. The summed E-state index contributed by atoms with van der Waals surface area (Å²) in [5, 5.41) is 7.80. The highest BCUT2D eigenvalue weighted by Crippen LogP contribution is 2.26. The van der Waals surface area contributed by atoms with Crippen LogP contribution in [0.25, 0.3) is 0 Å². The predicted molar refractivity (Wildman–Crippen MR) is 71.2 cm³/mol. The Morgan fingerprint density at radius 3 is 3.16 bits per heavy atom. The molecule has 19 heavy (non-hydrogen) atoms. The summed E-state index contributed by atoms with van der Waals surface area (Å²) in [6, 6.07) is 1.87. The highest BCUT2D eigenvalue weighted by atomic mass is 32.1. The Bertz CT molecular complexity index is 564. The molecule has 3 rings (SSSR count). The van der Waals surface area contributed by atoms with Crippen LogP contribution in [-0.2, 0) is 0 Å². The number of amides is 1. The third-order valence-electron chi connectivity index (χ3n) is 3.39. The molecule has 1 atom stereocenters. The maximum absolute atomic E-state index is 12.3. The van der Waals surface area contributed by atoms with E-state index in [1.807, 2.05) is 21.7 Å². The summed E-state index contributed by atoms with van der Waals surface area (Å²) in [5.41, 5.74) is 0.773. The van der Waals surface area contributed by atoms with Gasteiger partial charge in [-0.3, -0.25) is 4.79 Å². The van der Waals surface area contributed by atoms with Crippen LogP contribution >= 0.6 is 11.3 Å². The number of thiophene rings is 1. The maximum Gasteiger partial charge on any atom is 0.254 e. The van der Waals surface area contributed by atoms with Gasteiger partial charge in [0, 0.05) is 31.3 Å². The second-order valence-corrected chi connectivity index (χ2v) is 5.55. The van der Waals surface area contributed by atoms with E-state index in [-0.39, 0.29) is 11.8 Å². The van der Waals surface area contributed by atoms with Gasteiger partial charge in [-0.25, -0.2) is 0 Å². The lowest BCUT2D eigenvalue weighted by Gasteiger charge is -2.31. The van der Waals surface area contributed by atoms with Crippen LogP contribution in [0.2, 0.25) is 0 Å². The van der Waals surface area contributed by atoms with Crippen LogP contribution in [0.3, 0.4) is 0 Å².